The SMILES string of the molecule is C#CC(C)Oc1c(CC)nn(CC(C)C)c(=O)c1-c1ccccc1C. The van der Waals surface area contributed by atoms with Gasteiger partial charge in [0.15, 0.2) is 11.9 Å². The smallest absolute Gasteiger partial charge is 0.278 e. The molecule has 4 heteroatoms. The first kappa shape index (κ1) is 18.8. The highest BCUT2D eigenvalue weighted by atomic mass is 16.5. The van der Waals surface area contributed by atoms with Gasteiger partial charge in [-0.15, -0.1) is 6.42 Å². The fourth-order valence-corrected chi connectivity index (χ4v) is 2.74. The van der Waals surface area contributed by atoms with Crippen LogP contribution in [0.2, 0.25) is 0 Å². The Bertz CT molecular complexity index is 844. The summed E-state index contributed by atoms with van der Waals surface area (Å²) in [5.74, 6) is 3.39. The minimum atomic E-state index is -0.435. The number of aromatic nitrogens is 2. The standard InChI is InChI=1S/C21H26N2O2/c1-7-16(6)25-20-18(8-2)22-23(13-14(3)4)21(24)19(20)17-12-10-9-11-15(17)5/h1,9-12,14,16H,8,13H2,2-6H3. The van der Waals surface area contributed by atoms with Crippen LogP contribution in [-0.4, -0.2) is 15.9 Å². The van der Waals surface area contributed by atoms with Gasteiger partial charge in [-0.05, 0) is 37.3 Å². The molecule has 1 heterocycles. The minimum Gasteiger partial charge on any atom is -0.475 e. The molecule has 0 saturated carbocycles. The molecule has 0 N–H and O–H groups in total. The molecule has 0 bridgehead atoms. The van der Waals surface area contributed by atoms with E-state index in [-0.39, 0.29) is 5.56 Å². The lowest BCUT2D eigenvalue weighted by molar-refractivity contribution is 0.272. The molecule has 0 aliphatic carbocycles. The summed E-state index contributed by atoms with van der Waals surface area (Å²) in [6.45, 7) is 10.5. The van der Waals surface area contributed by atoms with Crippen LogP contribution in [0.3, 0.4) is 0 Å². The molecule has 4 nitrogen and oxygen atoms in total. The maximum atomic E-state index is 13.2. The summed E-state index contributed by atoms with van der Waals surface area (Å²) >= 11 is 0. The number of hydrogen-bond donors (Lipinski definition) is 0. The second-order valence-electron chi connectivity index (χ2n) is 6.63. The Balaban J connectivity index is 2.81. The second kappa shape index (κ2) is 8.02. The zero-order chi connectivity index (χ0) is 18.6. The molecule has 1 atom stereocenters. The third kappa shape index (κ3) is 4.11. The lowest BCUT2D eigenvalue weighted by Gasteiger charge is -2.20. The van der Waals surface area contributed by atoms with Crippen molar-refractivity contribution in [1.82, 2.24) is 9.78 Å². The van der Waals surface area contributed by atoms with Crippen LogP contribution >= 0.6 is 0 Å². The normalized spacial score (nSPS) is 12.0. The molecule has 1 unspecified atom stereocenters. The van der Waals surface area contributed by atoms with E-state index in [1.54, 1.807) is 11.6 Å². The van der Waals surface area contributed by atoms with E-state index in [1.165, 1.54) is 0 Å². The summed E-state index contributed by atoms with van der Waals surface area (Å²) in [5, 5.41) is 4.54. The summed E-state index contributed by atoms with van der Waals surface area (Å²) in [6, 6.07) is 7.81. The van der Waals surface area contributed by atoms with Crippen LogP contribution in [-0.2, 0) is 13.0 Å². The van der Waals surface area contributed by atoms with Crippen LogP contribution < -0.4 is 10.3 Å². The van der Waals surface area contributed by atoms with Crippen molar-refractivity contribution in [2.24, 2.45) is 5.92 Å². The summed E-state index contributed by atoms with van der Waals surface area (Å²) < 4.78 is 7.51. The van der Waals surface area contributed by atoms with E-state index in [1.807, 2.05) is 38.1 Å². The summed E-state index contributed by atoms with van der Waals surface area (Å²) in [7, 11) is 0. The van der Waals surface area contributed by atoms with Crippen molar-refractivity contribution in [3.63, 3.8) is 0 Å². The van der Waals surface area contributed by atoms with Crippen molar-refractivity contribution in [3.8, 4) is 29.2 Å². The Morgan fingerprint density at radius 3 is 2.52 bits per heavy atom. The van der Waals surface area contributed by atoms with Gasteiger partial charge in [-0.1, -0.05) is 51.0 Å². The summed E-state index contributed by atoms with van der Waals surface area (Å²) in [5.41, 5.74) is 3.04. The second-order valence-corrected chi connectivity index (χ2v) is 6.63. The van der Waals surface area contributed by atoms with Crippen LogP contribution in [0.1, 0.15) is 39.0 Å². The number of ether oxygens (including phenoxy) is 1. The van der Waals surface area contributed by atoms with E-state index >= 15 is 0 Å². The number of hydrogen-bond acceptors (Lipinski definition) is 3. The van der Waals surface area contributed by atoms with E-state index in [0.29, 0.717) is 30.2 Å². The highest BCUT2D eigenvalue weighted by Gasteiger charge is 2.22. The van der Waals surface area contributed by atoms with Crippen molar-refractivity contribution < 1.29 is 4.74 Å². The first-order valence-corrected chi connectivity index (χ1v) is 8.71. The Hall–Kier alpha value is -2.54. The van der Waals surface area contributed by atoms with E-state index in [2.05, 4.69) is 24.9 Å². The van der Waals surface area contributed by atoms with Crippen molar-refractivity contribution in [2.45, 2.75) is 53.7 Å². The molecule has 0 fully saturated rings. The number of rotatable bonds is 6. The largest absolute Gasteiger partial charge is 0.475 e. The van der Waals surface area contributed by atoms with Crippen molar-refractivity contribution in [1.29, 1.82) is 0 Å². The maximum absolute atomic E-state index is 13.2. The predicted molar refractivity (Wildman–Crippen MR) is 102 cm³/mol. The van der Waals surface area contributed by atoms with Gasteiger partial charge in [0.2, 0.25) is 0 Å². The van der Waals surface area contributed by atoms with Gasteiger partial charge >= 0.3 is 0 Å². The van der Waals surface area contributed by atoms with Crippen LogP contribution in [0.5, 0.6) is 5.75 Å². The molecule has 25 heavy (non-hydrogen) atoms. The molecule has 0 saturated heterocycles. The highest BCUT2D eigenvalue weighted by Crippen LogP contribution is 2.32. The Morgan fingerprint density at radius 2 is 1.96 bits per heavy atom. The van der Waals surface area contributed by atoms with Crippen molar-refractivity contribution >= 4 is 0 Å². The van der Waals surface area contributed by atoms with E-state index in [4.69, 9.17) is 11.2 Å². The third-order valence-corrected chi connectivity index (χ3v) is 4.00. The van der Waals surface area contributed by atoms with Crippen molar-refractivity contribution in [3.05, 3.63) is 45.9 Å². The molecule has 0 aliphatic rings. The quantitative estimate of drug-likeness (QED) is 0.752. The zero-order valence-corrected chi connectivity index (χ0v) is 15.7. The average molecular weight is 338 g/mol. The highest BCUT2D eigenvalue weighted by molar-refractivity contribution is 5.73. The lowest BCUT2D eigenvalue weighted by atomic mass is 10.00. The Morgan fingerprint density at radius 1 is 1.28 bits per heavy atom. The van der Waals surface area contributed by atoms with Crippen LogP contribution in [0.15, 0.2) is 29.1 Å². The molecule has 0 spiro atoms. The van der Waals surface area contributed by atoms with Gasteiger partial charge in [0.25, 0.3) is 5.56 Å². The van der Waals surface area contributed by atoms with Gasteiger partial charge in [0.05, 0.1) is 5.56 Å². The first-order chi connectivity index (χ1) is 11.9. The van der Waals surface area contributed by atoms with Crippen LogP contribution in [0.4, 0.5) is 0 Å². The van der Waals surface area contributed by atoms with Gasteiger partial charge < -0.3 is 4.74 Å². The Kier molecular flexibility index (Phi) is 6.03. The van der Waals surface area contributed by atoms with E-state index < -0.39 is 6.10 Å². The summed E-state index contributed by atoms with van der Waals surface area (Å²) in [6.07, 6.45) is 5.71. The van der Waals surface area contributed by atoms with Gasteiger partial charge in [0, 0.05) is 6.54 Å². The maximum Gasteiger partial charge on any atom is 0.278 e. The molecule has 0 amide bonds. The molecule has 0 aliphatic heterocycles. The van der Waals surface area contributed by atoms with E-state index in [0.717, 1.165) is 16.8 Å². The van der Waals surface area contributed by atoms with Gasteiger partial charge in [0.1, 0.15) is 5.69 Å². The molecule has 0 radical (unpaired) electrons. The molecule has 1 aromatic carbocycles. The van der Waals surface area contributed by atoms with Gasteiger partial charge in [-0.2, -0.15) is 5.10 Å². The number of aryl methyl sites for hydroxylation is 2. The van der Waals surface area contributed by atoms with Gasteiger partial charge in [-0.25, -0.2) is 4.68 Å². The minimum absolute atomic E-state index is 0.139. The predicted octanol–water partition coefficient (Wildman–Crippen LogP) is 3.84. The number of terminal acetylenes is 1. The molecule has 132 valence electrons. The van der Waals surface area contributed by atoms with Crippen LogP contribution in [0.25, 0.3) is 11.1 Å². The fraction of sp³-hybridized carbons (Fsp3) is 0.429. The molecular weight excluding hydrogens is 312 g/mol. The fourth-order valence-electron chi connectivity index (χ4n) is 2.74. The van der Waals surface area contributed by atoms with E-state index in [9.17, 15) is 4.79 Å². The Labute approximate surface area is 149 Å². The summed E-state index contributed by atoms with van der Waals surface area (Å²) in [4.78, 5) is 13.2. The topological polar surface area (TPSA) is 44.1 Å². The lowest BCUT2D eigenvalue weighted by Crippen LogP contribution is -2.29. The monoisotopic (exact) mass is 338 g/mol. The molecular formula is C21H26N2O2. The number of nitrogens with zero attached hydrogens (tertiary/aromatic N) is 2. The molecule has 1 aromatic heterocycles. The van der Waals surface area contributed by atoms with Crippen LogP contribution in [0, 0.1) is 25.2 Å². The molecule has 2 rings (SSSR count). The third-order valence-electron chi connectivity index (χ3n) is 4.00. The molecule has 2 aromatic rings. The first-order valence-electron chi connectivity index (χ1n) is 8.71. The number of benzene rings is 1. The average Bonchev–Trinajstić information content (AvgIpc) is 2.58. The van der Waals surface area contributed by atoms with Crippen molar-refractivity contribution in [2.75, 3.05) is 0 Å². The van der Waals surface area contributed by atoms with Gasteiger partial charge in [-0.3, -0.25) is 4.79 Å². The zero-order valence-electron chi connectivity index (χ0n) is 15.7.